The molecule has 3 unspecified atom stereocenters. The molecule has 0 radical (unpaired) electrons. The Bertz CT molecular complexity index is 808. The fourth-order valence-electron chi connectivity index (χ4n) is 6.97. The minimum absolute atomic E-state index is 0.00435. The highest BCUT2D eigenvalue weighted by Crippen LogP contribution is 2.66. The van der Waals surface area contributed by atoms with Gasteiger partial charge in [-0.1, -0.05) is 25.0 Å². The zero-order valence-corrected chi connectivity index (χ0v) is 16.2. The zero-order chi connectivity index (χ0) is 19.8. The fourth-order valence-corrected chi connectivity index (χ4v) is 6.97. The average Bonchev–Trinajstić information content (AvgIpc) is 2.87. The molecule has 27 heavy (non-hydrogen) atoms. The molecule has 3 saturated carbocycles. The fraction of sp³-hybridized carbons (Fsp3) is 0.682. The number of carbonyl (C=O) groups excluding carboxylic acids is 3. The number of ketones is 3. The van der Waals surface area contributed by atoms with Crippen LogP contribution in [0, 0.1) is 28.6 Å². The Labute approximate surface area is 159 Å². The lowest BCUT2D eigenvalue weighted by Gasteiger charge is -2.57. The van der Waals surface area contributed by atoms with Crippen LogP contribution in [0.5, 0.6) is 0 Å². The van der Waals surface area contributed by atoms with Crippen LogP contribution in [0.2, 0.25) is 0 Å². The number of aliphatic hydroxyl groups is 2. The van der Waals surface area contributed by atoms with E-state index in [2.05, 4.69) is 6.92 Å². The van der Waals surface area contributed by atoms with Gasteiger partial charge in [-0.2, -0.15) is 0 Å². The molecular formula is C22H28O5. The molecular weight excluding hydrogens is 344 g/mol. The van der Waals surface area contributed by atoms with Gasteiger partial charge in [-0.3, -0.25) is 14.4 Å². The number of rotatable bonds is 2. The molecule has 0 aromatic rings. The maximum Gasteiger partial charge on any atom is 0.190 e. The number of Topliss-reactive ketones (excluding diaryl/α,β-unsaturated/α-hetero) is 2. The highest BCUT2D eigenvalue weighted by atomic mass is 16.3. The van der Waals surface area contributed by atoms with Gasteiger partial charge >= 0.3 is 0 Å². The van der Waals surface area contributed by atoms with Gasteiger partial charge in [0, 0.05) is 23.2 Å². The van der Waals surface area contributed by atoms with Gasteiger partial charge in [0.2, 0.25) is 0 Å². The lowest BCUT2D eigenvalue weighted by molar-refractivity contribution is -0.169. The first kappa shape index (κ1) is 18.8. The number of fused-ring (bicyclic) bond motifs is 5. The Balaban J connectivity index is 1.79. The molecule has 0 heterocycles. The highest BCUT2D eigenvalue weighted by Gasteiger charge is 2.68. The van der Waals surface area contributed by atoms with E-state index in [1.54, 1.807) is 12.2 Å². The van der Waals surface area contributed by atoms with Crippen LogP contribution in [0.15, 0.2) is 23.3 Å². The first-order chi connectivity index (χ1) is 12.6. The third-order valence-electron chi connectivity index (χ3n) is 8.55. The van der Waals surface area contributed by atoms with Crippen LogP contribution in [-0.4, -0.2) is 39.8 Å². The van der Waals surface area contributed by atoms with E-state index >= 15 is 0 Å². The minimum Gasteiger partial charge on any atom is -0.388 e. The van der Waals surface area contributed by atoms with E-state index in [-0.39, 0.29) is 35.7 Å². The number of allylic oxidation sites excluding steroid dienone is 4. The third kappa shape index (κ3) is 2.16. The Morgan fingerprint density at radius 3 is 2.59 bits per heavy atom. The number of hydrogen-bond donors (Lipinski definition) is 2. The molecule has 0 spiro atoms. The standard InChI is InChI=1S/C22H28O5/c1-12-8-14(24)9-13-4-5-15-16-6-7-22(27,18(26)11-23)20(16,2)10-17(25)19(15)21(12,13)3/h8-9,15-16,19,23,27H,4-7,10-11H2,1-3H3/t15?,16?,19?,20-,21-,22-/m0/s1. The molecule has 0 amide bonds. The first-order valence-electron chi connectivity index (χ1n) is 9.92. The summed E-state index contributed by atoms with van der Waals surface area (Å²) in [4.78, 5) is 37.8. The van der Waals surface area contributed by atoms with Gasteiger partial charge in [-0.25, -0.2) is 0 Å². The molecule has 4 aliphatic carbocycles. The Hall–Kier alpha value is -1.59. The van der Waals surface area contributed by atoms with Crippen LogP contribution in [0.3, 0.4) is 0 Å². The van der Waals surface area contributed by atoms with Crippen molar-refractivity contribution in [3.8, 4) is 0 Å². The topological polar surface area (TPSA) is 91.7 Å². The molecule has 5 nitrogen and oxygen atoms in total. The lowest BCUT2D eigenvalue weighted by Crippen LogP contribution is -2.61. The van der Waals surface area contributed by atoms with Gasteiger partial charge in [-0.15, -0.1) is 0 Å². The normalized spacial score (nSPS) is 46.2. The zero-order valence-electron chi connectivity index (χ0n) is 16.2. The van der Waals surface area contributed by atoms with Crippen LogP contribution < -0.4 is 0 Å². The molecule has 146 valence electrons. The van der Waals surface area contributed by atoms with Gasteiger partial charge in [0.25, 0.3) is 0 Å². The molecule has 0 saturated heterocycles. The second kappa shape index (κ2) is 5.71. The van der Waals surface area contributed by atoms with Crippen molar-refractivity contribution in [3.05, 3.63) is 23.3 Å². The van der Waals surface area contributed by atoms with Crippen LogP contribution in [0.4, 0.5) is 0 Å². The maximum absolute atomic E-state index is 13.4. The van der Waals surface area contributed by atoms with Crippen LogP contribution in [0.25, 0.3) is 0 Å². The highest BCUT2D eigenvalue weighted by molar-refractivity contribution is 6.02. The second-order valence-electron chi connectivity index (χ2n) is 9.43. The minimum atomic E-state index is -1.63. The molecule has 0 aromatic heterocycles. The molecule has 4 rings (SSSR count). The van der Waals surface area contributed by atoms with Gasteiger partial charge in [0.15, 0.2) is 11.6 Å². The summed E-state index contributed by atoms with van der Waals surface area (Å²) in [7, 11) is 0. The monoisotopic (exact) mass is 372 g/mol. The largest absolute Gasteiger partial charge is 0.388 e. The summed E-state index contributed by atoms with van der Waals surface area (Å²) >= 11 is 0. The van der Waals surface area contributed by atoms with E-state index < -0.39 is 28.8 Å². The summed E-state index contributed by atoms with van der Waals surface area (Å²) in [5, 5.41) is 20.6. The van der Waals surface area contributed by atoms with Crippen molar-refractivity contribution in [2.24, 2.45) is 28.6 Å². The summed E-state index contributed by atoms with van der Waals surface area (Å²) < 4.78 is 0. The molecule has 4 aliphatic rings. The quantitative estimate of drug-likeness (QED) is 0.775. The number of aliphatic hydroxyl groups excluding tert-OH is 1. The molecule has 0 aromatic carbocycles. The molecule has 5 heteroatoms. The predicted molar refractivity (Wildman–Crippen MR) is 98.7 cm³/mol. The van der Waals surface area contributed by atoms with Crippen molar-refractivity contribution in [1.82, 2.24) is 0 Å². The van der Waals surface area contributed by atoms with E-state index in [9.17, 15) is 24.6 Å². The predicted octanol–water partition coefficient (Wildman–Crippen LogP) is 2.16. The molecule has 6 atom stereocenters. The Morgan fingerprint density at radius 1 is 1.22 bits per heavy atom. The summed E-state index contributed by atoms with van der Waals surface area (Å²) in [6.45, 7) is 5.17. The SMILES string of the molecule is CC1=CC(=O)C=C2CCC3C(C(=O)C[C@@]4(C)C3CC[C@]4(O)C(=O)CO)[C@@]12C. The van der Waals surface area contributed by atoms with Crippen molar-refractivity contribution in [2.75, 3.05) is 6.61 Å². The van der Waals surface area contributed by atoms with Crippen molar-refractivity contribution in [3.63, 3.8) is 0 Å². The van der Waals surface area contributed by atoms with Gasteiger partial charge < -0.3 is 10.2 Å². The summed E-state index contributed by atoms with van der Waals surface area (Å²) in [5.74, 6) is -0.581. The van der Waals surface area contributed by atoms with Crippen molar-refractivity contribution >= 4 is 17.3 Å². The van der Waals surface area contributed by atoms with E-state index in [4.69, 9.17) is 0 Å². The second-order valence-corrected chi connectivity index (χ2v) is 9.43. The Kier molecular flexibility index (Phi) is 3.97. The van der Waals surface area contributed by atoms with Crippen molar-refractivity contribution in [1.29, 1.82) is 0 Å². The molecule has 2 N–H and O–H groups in total. The van der Waals surface area contributed by atoms with Crippen LogP contribution in [0.1, 0.15) is 52.9 Å². The van der Waals surface area contributed by atoms with Crippen molar-refractivity contribution < 1.29 is 24.6 Å². The van der Waals surface area contributed by atoms with Gasteiger partial charge in [0.05, 0.1) is 0 Å². The summed E-state index contributed by atoms with van der Waals surface area (Å²) in [5.41, 5.74) is -0.916. The Morgan fingerprint density at radius 2 is 1.93 bits per heavy atom. The molecule has 0 aliphatic heterocycles. The third-order valence-corrected chi connectivity index (χ3v) is 8.55. The van der Waals surface area contributed by atoms with Gasteiger partial charge in [-0.05, 0) is 56.6 Å². The number of carbonyl (C=O) groups is 3. The molecule has 0 bridgehead atoms. The van der Waals surface area contributed by atoms with E-state index in [1.165, 1.54) is 0 Å². The van der Waals surface area contributed by atoms with E-state index in [0.29, 0.717) is 12.8 Å². The van der Waals surface area contributed by atoms with E-state index in [1.807, 2.05) is 13.8 Å². The van der Waals surface area contributed by atoms with E-state index in [0.717, 1.165) is 24.0 Å². The maximum atomic E-state index is 13.4. The lowest BCUT2D eigenvalue weighted by atomic mass is 9.45. The number of hydrogen-bond acceptors (Lipinski definition) is 5. The average molecular weight is 372 g/mol. The van der Waals surface area contributed by atoms with Crippen molar-refractivity contribution in [2.45, 2.75) is 58.5 Å². The van der Waals surface area contributed by atoms with Gasteiger partial charge in [0.1, 0.15) is 18.0 Å². The first-order valence-corrected chi connectivity index (χ1v) is 9.92. The summed E-state index contributed by atoms with van der Waals surface area (Å²) in [6, 6.07) is 0. The van der Waals surface area contributed by atoms with Crippen LogP contribution >= 0.6 is 0 Å². The molecule has 3 fully saturated rings. The summed E-state index contributed by atoms with van der Waals surface area (Å²) in [6.07, 6.45) is 6.03. The smallest absolute Gasteiger partial charge is 0.190 e. The van der Waals surface area contributed by atoms with Crippen LogP contribution in [-0.2, 0) is 14.4 Å².